The maximum absolute atomic E-state index is 12.7. The van der Waals surface area contributed by atoms with Crippen LogP contribution in [0, 0.1) is 0 Å². The molecule has 0 aliphatic carbocycles. The molecule has 1 heterocycles. The van der Waals surface area contributed by atoms with E-state index in [0.717, 1.165) is 32.1 Å². The minimum atomic E-state index is -0.926. The lowest BCUT2D eigenvalue weighted by Gasteiger charge is -2.24. The van der Waals surface area contributed by atoms with E-state index in [2.05, 4.69) is 13.8 Å². The summed E-state index contributed by atoms with van der Waals surface area (Å²) in [4.78, 5) is 12.7. The number of rotatable bonds is 14. The Bertz CT molecular complexity index is 429. The molecule has 1 saturated heterocycles. The van der Waals surface area contributed by atoms with Gasteiger partial charge in [0, 0.05) is 6.42 Å². The summed E-state index contributed by atoms with van der Waals surface area (Å²) < 4.78 is 23.3. The topological polar surface area (TPSA) is 74.2 Å². The number of hydrogen-bond donors (Lipinski definition) is 1. The number of carbonyl (C=O) groups excluding carboxylic acids is 1. The first kappa shape index (κ1) is 24.5. The van der Waals surface area contributed by atoms with Crippen LogP contribution >= 0.6 is 0 Å². The molecule has 1 N–H and O–H groups in total. The zero-order valence-corrected chi connectivity index (χ0v) is 18.0. The van der Waals surface area contributed by atoms with E-state index >= 15 is 0 Å². The van der Waals surface area contributed by atoms with Crippen LogP contribution in [-0.4, -0.2) is 60.4 Å². The Hall–Kier alpha value is -0.530. The van der Waals surface area contributed by atoms with Crippen LogP contribution in [0.5, 0.6) is 0 Å². The number of aliphatic hydroxyl groups excluding tert-OH is 1. The fraction of sp³-hybridized carbons (Fsp3) is 0.952. The Morgan fingerprint density at radius 2 is 1.63 bits per heavy atom. The quantitative estimate of drug-likeness (QED) is 0.490. The van der Waals surface area contributed by atoms with Crippen molar-refractivity contribution < 1.29 is 28.8 Å². The summed E-state index contributed by atoms with van der Waals surface area (Å²) >= 11 is 0. The molecule has 6 nitrogen and oxygen atoms in total. The fourth-order valence-electron chi connectivity index (χ4n) is 3.46. The third-order valence-corrected chi connectivity index (χ3v) is 4.91. The molecule has 160 valence electrons. The smallest absolute Gasteiger partial charge is 0.190 e. The Kier molecular flexibility index (Phi) is 11.0. The molecule has 0 aromatic carbocycles. The second-order valence-corrected chi connectivity index (χ2v) is 7.88. The van der Waals surface area contributed by atoms with Crippen LogP contribution < -0.4 is 0 Å². The van der Waals surface area contributed by atoms with Gasteiger partial charge in [0.25, 0.3) is 0 Å². The standard InChI is InChI=1S/C21H40O6/c1-7-10-15(4)24-13-17(22)19-20(27-21(6,26-19)12-9-3)18(23)14-25-16(5)11-8-2/h15-17,19-20,22H,7-14H2,1-6H3/t15?,16?,17-,19+,20+,21?/m1/s1. The summed E-state index contributed by atoms with van der Waals surface area (Å²) in [6, 6.07) is 0. The van der Waals surface area contributed by atoms with Gasteiger partial charge >= 0.3 is 0 Å². The second kappa shape index (κ2) is 12.1. The molecular formula is C21H40O6. The highest BCUT2D eigenvalue weighted by Crippen LogP contribution is 2.34. The Morgan fingerprint density at radius 1 is 1.04 bits per heavy atom. The van der Waals surface area contributed by atoms with Crippen LogP contribution in [0.25, 0.3) is 0 Å². The lowest BCUT2D eigenvalue weighted by molar-refractivity contribution is -0.179. The lowest BCUT2D eigenvalue weighted by atomic mass is 10.0. The van der Waals surface area contributed by atoms with Gasteiger partial charge in [0.15, 0.2) is 17.7 Å². The molecule has 0 spiro atoms. The fourth-order valence-corrected chi connectivity index (χ4v) is 3.46. The molecule has 1 fully saturated rings. The average Bonchev–Trinajstić information content (AvgIpc) is 2.96. The second-order valence-electron chi connectivity index (χ2n) is 7.88. The molecule has 6 atom stereocenters. The number of ketones is 1. The van der Waals surface area contributed by atoms with Crippen LogP contribution in [0.3, 0.4) is 0 Å². The van der Waals surface area contributed by atoms with E-state index < -0.39 is 24.1 Å². The third kappa shape index (κ3) is 8.16. The van der Waals surface area contributed by atoms with Crippen LogP contribution in [0.15, 0.2) is 0 Å². The zero-order valence-electron chi connectivity index (χ0n) is 18.0. The monoisotopic (exact) mass is 388 g/mol. The normalized spacial score (nSPS) is 28.9. The van der Waals surface area contributed by atoms with E-state index in [4.69, 9.17) is 18.9 Å². The first-order chi connectivity index (χ1) is 12.8. The molecule has 1 aliphatic heterocycles. The maximum Gasteiger partial charge on any atom is 0.190 e. The Labute approximate surface area is 164 Å². The molecule has 0 amide bonds. The molecule has 0 saturated carbocycles. The van der Waals surface area contributed by atoms with Crippen molar-refractivity contribution in [1.29, 1.82) is 0 Å². The number of Topliss-reactive ketones (excluding diaryl/α,β-unsaturated/α-hetero) is 1. The predicted molar refractivity (Wildman–Crippen MR) is 105 cm³/mol. The van der Waals surface area contributed by atoms with Crippen LogP contribution in [-0.2, 0) is 23.7 Å². The first-order valence-electron chi connectivity index (χ1n) is 10.6. The summed E-state index contributed by atoms with van der Waals surface area (Å²) in [5.74, 6) is -1.06. The molecular weight excluding hydrogens is 348 g/mol. The summed E-state index contributed by atoms with van der Waals surface area (Å²) in [6.07, 6.45) is 2.92. The van der Waals surface area contributed by atoms with Crippen molar-refractivity contribution in [3.63, 3.8) is 0 Å². The van der Waals surface area contributed by atoms with Crippen LogP contribution in [0.1, 0.15) is 80.1 Å². The summed E-state index contributed by atoms with van der Waals surface area (Å²) in [7, 11) is 0. The highest BCUT2D eigenvalue weighted by molar-refractivity contribution is 5.85. The van der Waals surface area contributed by atoms with Crippen molar-refractivity contribution in [3.8, 4) is 0 Å². The van der Waals surface area contributed by atoms with E-state index in [1.54, 1.807) is 0 Å². The molecule has 0 radical (unpaired) electrons. The molecule has 6 heteroatoms. The van der Waals surface area contributed by atoms with E-state index in [1.807, 2.05) is 27.7 Å². The molecule has 27 heavy (non-hydrogen) atoms. The highest BCUT2D eigenvalue weighted by atomic mass is 16.8. The van der Waals surface area contributed by atoms with Crippen LogP contribution in [0.4, 0.5) is 0 Å². The van der Waals surface area contributed by atoms with Crippen molar-refractivity contribution in [2.45, 2.75) is 116 Å². The van der Waals surface area contributed by atoms with Gasteiger partial charge < -0.3 is 24.1 Å². The van der Waals surface area contributed by atoms with E-state index in [9.17, 15) is 9.90 Å². The SMILES string of the molecule is CCCC(C)OCC(=O)[C@@H]1OC(C)(CCC)O[C@H]1[C@H](O)COC(C)CCC. The summed E-state index contributed by atoms with van der Waals surface area (Å²) in [6.45, 7) is 12.1. The zero-order chi connectivity index (χ0) is 20.4. The van der Waals surface area contributed by atoms with Gasteiger partial charge in [0.1, 0.15) is 18.8 Å². The van der Waals surface area contributed by atoms with Crippen molar-refractivity contribution in [2.24, 2.45) is 0 Å². The van der Waals surface area contributed by atoms with Gasteiger partial charge in [-0.05, 0) is 33.6 Å². The number of carbonyl (C=O) groups is 1. The molecule has 0 aromatic rings. The number of ether oxygens (including phenoxy) is 4. The molecule has 1 aliphatic rings. The van der Waals surface area contributed by atoms with Crippen molar-refractivity contribution in [2.75, 3.05) is 13.2 Å². The lowest BCUT2D eigenvalue weighted by Crippen LogP contribution is -2.44. The Balaban J connectivity index is 2.72. The van der Waals surface area contributed by atoms with Gasteiger partial charge in [0.05, 0.1) is 18.8 Å². The van der Waals surface area contributed by atoms with Crippen molar-refractivity contribution in [3.05, 3.63) is 0 Å². The van der Waals surface area contributed by atoms with E-state index in [1.165, 1.54) is 0 Å². The minimum Gasteiger partial charge on any atom is -0.388 e. The predicted octanol–water partition coefficient (Wildman–Crippen LogP) is 3.63. The van der Waals surface area contributed by atoms with E-state index in [-0.39, 0.29) is 31.2 Å². The van der Waals surface area contributed by atoms with Gasteiger partial charge in [-0.15, -0.1) is 0 Å². The molecule has 1 rings (SSSR count). The molecule has 0 aromatic heterocycles. The average molecular weight is 389 g/mol. The van der Waals surface area contributed by atoms with Gasteiger partial charge in [-0.3, -0.25) is 4.79 Å². The molecule has 0 bridgehead atoms. The highest BCUT2D eigenvalue weighted by Gasteiger charge is 2.49. The maximum atomic E-state index is 12.7. The first-order valence-corrected chi connectivity index (χ1v) is 10.6. The van der Waals surface area contributed by atoms with Crippen LogP contribution in [0.2, 0.25) is 0 Å². The minimum absolute atomic E-state index is 0.0184. The van der Waals surface area contributed by atoms with Gasteiger partial charge in [-0.2, -0.15) is 0 Å². The van der Waals surface area contributed by atoms with Crippen molar-refractivity contribution >= 4 is 5.78 Å². The summed E-state index contributed by atoms with van der Waals surface area (Å²) in [5.41, 5.74) is 0. The van der Waals surface area contributed by atoms with E-state index in [0.29, 0.717) is 6.42 Å². The summed E-state index contributed by atoms with van der Waals surface area (Å²) in [5, 5.41) is 10.6. The largest absolute Gasteiger partial charge is 0.388 e. The number of hydrogen-bond acceptors (Lipinski definition) is 6. The van der Waals surface area contributed by atoms with Gasteiger partial charge in [-0.1, -0.05) is 40.0 Å². The van der Waals surface area contributed by atoms with Gasteiger partial charge in [0.2, 0.25) is 0 Å². The third-order valence-electron chi connectivity index (χ3n) is 4.91. The molecule has 3 unspecified atom stereocenters. The van der Waals surface area contributed by atoms with Crippen molar-refractivity contribution in [1.82, 2.24) is 0 Å². The Morgan fingerprint density at radius 3 is 2.19 bits per heavy atom. The van der Waals surface area contributed by atoms with Gasteiger partial charge in [-0.25, -0.2) is 0 Å². The number of aliphatic hydroxyl groups is 1.